The minimum Gasteiger partial charge on any atom is -0.297 e. The maximum atomic E-state index is 12.3. The molecule has 0 bridgehead atoms. The second kappa shape index (κ2) is 6.39. The maximum absolute atomic E-state index is 12.3. The lowest BCUT2D eigenvalue weighted by Gasteiger charge is -2.03. The van der Waals surface area contributed by atoms with E-state index in [2.05, 4.69) is 36.2 Å². The van der Waals surface area contributed by atoms with E-state index in [-0.39, 0.29) is 5.91 Å². The number of nitrogens with zero attached hydrogens (tertiary/aromatic N) is 3. The Morgan fingerprint density at radius 1 is 1.12 bits per heavy atom. The molecule has 3 aromatic heterocycles. The number of amides is 1. The van der Waals surface area contributed by atoms with Crippen molar-refractivity contribution in [3.63, 3.8) is 0 Å². The fourth-order valence-corrected chi connectivity index (χ4v) is 4.05. The van der Waals surface area contributed by atoms with E-state index in [4.69, 9.17) is 0 Å². The lowest BCUT2D eigenvalue weighted by atomic mass is 10.1. The van der Waals surface area contributed by atoms with Gasteiger partial charge in [0.1, 0.15) is 6.33 Å². The van der Waals surface area contributed by atoms with Crippen LogP contribution in [0.1, 0.15) is 9.67 Å². The minimum atomic E-state index is -0.166. The van der Waals surface area contributed by atoms with Crippen LogP contribution in [-0.4, -0.2) is 20.9 Å². The van der Waals surface area contributed by atoms with Crippen molar-refractivity contribution in [2.24, 2.45) is 0 Å². The number of thiazole rings is 1. The Bertz CT molecular complexity index is 1030. The lowest BCUT2D eigenvalue weighted by Crippen LogP contribution is -2.09. The number of thiophene rings is 1. The summed E-state index contributed by atoms with van der Waals surface area (Å²) in [5, 5.41) is 6.14. The van der Waals surface area contributed by atoms with Gasteiger partial charge in [-0.05, 0) is 30.3 Å². The Labute approximate surface area is 153 Å². The highest BCUT2D eigenvalue weighted by Gasteiger charge is 2.14. The Hall–Kier alpha value is -2.16. The molecule has 0 aliphatic rings. The van der Waals surface area contributed by atoms with Gasteiger partial charge >= 0.3 is 0 Å². The van der Waals surface area contributed by atoms with Crippen LogP contribution in [-0.2, 0) is 0 Å². The number of hydrogen-bond acceptors (Lipinski definition) is 6. The predicted octanol–water partition coefficient (Wildman–Crippen LogP) is 4.83. The van der Waals surface area contributed by atoms with Crippen LogP contribution in [0, 0.1) is 0 Å². The fourth-order valence-electron chi connectivity index (χ4n) is 2.26. The third-order valence-electron chi connectivity index (χ3n) is 3.31. The molecule has 24 heavy (non-hydrogen) atoms. The van der Waals surface area contributed by atoms with Crippen molar-refractivity contribution in [2.45, 2.75) is 0 Å². The summed E-state index contributed by atoms with van der Waals surface area (Å²) in [7, 11) is 0. The van der Waals surface area contributed by atoms with Gasteiger partial charge in [0.2, 0.25) is 0 Å². The van der Waals surface area contributed by atoms with E-state index in [1.54, 1.807) is 18.6 Å². The van der Waals surface area contributed by atoms with E-state index in [1.807, 2.05) is 29.6 Å². The molecule has 0 atom stereocenters. The van der Waals surface area contributed by atoms with Crippen molar-refractivity contribution in [3.05, 3.63) is 57.6 Å². The van der Waals surface area contributed by atoms with Gasteiger partial charge in [-0.3, -0.25) is 10.1 Å². The fraction of sp³-hybridized carbons (Fsp3) is 0. The molecule has 3 heterocycles. The summed E-state index contributed by atoms with van der Waals surface area (Å²) in [4.78, 5) is 26.6. The van der Waals surface area contributed by atoms with E-state index >= 15 is 0 Å². The van der Waals surface area contributed by atoms with E-state index in [0.29, 0.717) is 10.0 Å². The van der Waals surface area contributed by atoms with E-state index in [1.165, 1.54) is 22.7 Å². The number of rotatable bonds is 3. The first-order valence-corrected chi connectivity index (χ1v) is 9.41. The molecule has 4 rings (SSSR count). The quantitative estimate of drug-likeness (QED) is 0.519. The van der Waals surface area contributed by atoms with E-state index < -0.39 is 0 Å². The van der Waals surface area contributed by atoms with Crippen LogP contribution >= 0.6 is 38.6 Å². The molecule has 0 spiro atoms. The molecule has 0 radical (unpaired) electrons. The molecule has 0 aliphatic carbocycles. The largest absolute Gasteiger partial charge is 0.297 e. The Morgan fingerprint density at radius 2 is 2.04 bits per heavy atom. The summed E-state index contributed by atoms with van der Waals surface area (Å²) in [5.41, 5.74) is 1.69. The number of hydrogen-bond donors (Lipinski definition) is 1. The normalized spacial score (nSPS) is 10.9. The van der Waals surface area contributed by atoms with Crippen LogP contribution in [0.15, 0.2) is 52.7 Å². The highest BCUT2D eigenvalue weighted by molar-refractivity contribution is 9.10. The SMILES string of the molecule is O=C(Nc1nccs1)c1ccc(-c2ncnc3ccc(Br)cc23)s1. The van der Waals surface area contributed by atoms with E-state index in [9.17, 15) is 4.79 Å². The van der Waals surface area contributed by atoms with Crippen molar-refractivity contribution in [1.82, 2.24) is 15.0 Å². The second-order valence-electron chi connectivity index (χ2n) is 4.84. The summed E-state index contributed by atoms with van der Waals surface area (Å²) >= 11 is 6.26. The average molecular weight is 417 g/mol. The average Bonchev–Trinajstić information content (AvgIpc) is 3.25. The first-order chi connectivity index (χ1) is 11.7. The zero-order chi connectivity index (χ0) is 16.5. The van der Waals surface area contributed by atoms with Crippen LogP contribution in [0.5, 0.6) is 0 Å². The van der Waals surface area contributed by atoms with Crippen molar-refractivity contribution in [1.29, 1.82) is 0 Å². The first kappa shape index (κ1) is 15.4. The van der Waals surface area contributed by atoms with Crippen LogP contribution in [0.4, 0.5) is 5.13 Å². The number of fused-ring (bicyclic) bond motifs is 1. The van der Waals surface area contributed by atoms with Gasteiger partial charge in [0.15, 0.2) is 5.13 Å². The van der Waals surface area contributed by atoms with Crippen molar-refractivity contribution < 1.29 is 4.79 Å². The Balaban J connectivity index is 1.70. The molecule has 1 aromatic carbocycles. The molecule has 8 heteroatoms. The third-order valence-corrected chi connectivity index (χ3v) is 5.59. The molecule has 1 N–H and O–H groups in total. The van der Waals surface area contributed by atoms with Crippen LogP contribution in [0.3, 0.4) is 0 Å². The molecular weight excluding hydrogens is 408 g/mol. The van der Waals surface area contributed by atoms with Crippen LogP contribution in [0.2, 0.25) is 0 Å². The second-order valence-corrected chi connectivity index (χ2v) is 7.73. The Kier molecular flexibility index (Phi) is 4.09. The maximum Gasteiger partial charge on any atom is 0.267 e. The molecule has 5 nitrogen and oxygen atoms in total. The highest BCUT2D eigenvalue weighted by atomic mass is 79.9. The summed E-state index contributed by atoms with van der Waals surface area (Å²) in [5.74, 6) is -0.166. The summed E-state index contributed by atoms with van der Waals surface area (Å²) in [6.07, 6.45) is 3.20. The third kappa shape index (κ3) is 2.95. The highest BCUT2D eigenvalue weighted by Crippen LogP contribution is 2.32. The smallest absolute Gasteiger partial charge is 0.267 e. The molecule has 0 saturated heterocycles. The molecular formula is C16H9BrN4OS2. The van der Waals surface area contributed by atoms with E-state index in [0.717, 1.165) is 25.9 Å². The molecule has 118 valence electrons. The molecule has 0 saturated carbocycles. The Morgan fingerprint density at radius 3 is 2.88 bits per heavy atom. The number of carbonyl (C=O) groups is 1. The van der Waals surface area contributed by atoms with Crippen LogP contribution < -0.4 is 5.32 Å². The first-order valence-electron chi connectivity index (χ1n) is 6.92. The monoisotopic (exact) mass is 416 g/mol. The number of aromatic nitrogens is 3. The van der Waals surface area contributed by atoms with Crippen molar-refractivity contribution in [2.75, 3.05) is 5.32 Å². The summed E-state index contributed by atoms with van der Waals surface area (Å²) < 4.78 is 0.962. The predicted molar refractivity (Wildman–Crippen MR) is 101 cm³/mol. The molecule has 1 amide bonds. The zero-order valence-electron chi connectivity index (χ0n) is 12.1. The van der Waals surface area contributed by atoms with Gasteiger partial charge in [-0.15, -0.1) is 22.7 Å². The number of benzene rings is 1. The zero-order valence-corrected chi connectivity index (χ0v) is 15.3. The molecule has 0 unspecified atom stereocenters. The molecule has 4 aromatic rings. The van der Waals surface area contributed by atoms with Gasteiger partial charge in [0.05, 0.1) is 21.0 Å². The summed E-state index contributed by atoms with van der Waals surface area (Å²) in [6.45, 7) is 0. The van der Waals surface area contributed by atoms with Gasteiger partial charge in [-0.1, -0.05) is 15.9 Å². The number of anilines is 1. The van der Waals surface area contributed by atoms with Gasteiger partial charge < -0.3 is 0 Å². The molecule has 0 aliphatic heterocycles. The van der Waals surface area contributed by atoms with Crippen LogP contribution in [0.25, 0.3) is 21.5 Å². The van der Waals surface area contributed by atoms with Gasteiger partial charge in [0, 0.05) is 21.4 Å². The number of halogens is 1. The number of nitrogens with one attached hydrogen (secondary N) is 1. The van der Waals surface area contributed by atoms with Gasteiger partial charge in [-0.2, -0.15) is 0 Å². The number of carbonyl (C=O) groups excluding carboxylic acids is 1. The topological polar surface area (TPSA) is 67.8 Å². The molecule has 0 fully saturated rings. The lowest BCUT2D eigenvalue weighted by molar-refractivity contribution is 0.103. The van der Waals surface area contributed by atoms with Gasteiger partial charge in [0.25, 0.3) is 5.91 Å². The van der Waals surface area contributed by atoms with Crippen molar-refractivity contribution >= 4 is 60.5 Å². The van der Waals surface area contributed by atoms with Gasteiger partial charge in [-0.25, -0.2) is 15.0 Å². The minimum absolute atomic E-state index is 0.166. The summed E-state index contributed by atoms with van der Waals surface area (Å²) in [6, 6.07) is 9.58. The van der Waals surface area contributed by atoms with Crippen molar-refractivity contribution in [3.8, 4) is 10.6 Å². The standard InChI is InChI=1S/C16H9BrN4OS2/c17-9-1-2-11-10(7-9)14(20-8-19-11)12-3-4-13(24-12)15(22)21-16-18-5-6-23-16/h1-8H,(H,18,21,22).